The summed E-state index contributed by atoms with van der Waals surface area (Å²) >= 11 is 0. The van der Waals surface area contributed by atoms with Crippen LogP contribution in [0.4, 0.5) is 10.1 Å². The van der Waals surface area contributed by atoms with Gasteiger partial charge in [-0.3, -0.25) is 4.79 Å². The number of para-hydroxylation sites is 1. The van der Waals surface area contributed by atoms with E-state index in [1.807, 2.05) is 6.07 Å². The number of hydrogen-bond donors (Lipinski definition) is 1. The Hall–Kier alpha value is -3.81. The number of anilines is 1. The molecule has 1 N–H and O–H groups in total. The van der Waals surface area contributed by atoms with Crippen molar-refractivity contribution in [1.29, 1.82) is 0 Å². The molecule has 0 spiro atoms. The second-order valence-corrected chi connectivity index (χ2v) is 6.28. The number of nitrogens with one attached hydrogen (secondary N) is 1. The van der Waals surface area contributed by atoms with Gasteiger partial charge in [0, 0.05) is 23.0 Å². The Kier molecular flexibility index (Phi) is 4.44. The first-order valence-corrected chi connectivity index (χ1v) is 8.59. The molecule has 2 aromatic heterocycles. The van der Waals surface area contributed by atoms with E-state index in [2.05, 4.69) is 15.4 Å². The van der Waals surface area contributed by atoms with Crippen LogP contribution < -0.4 is 11.0 Å². The van der Waals surface area contributed by atoms with Gasteiger partial charge in [-0.15, -0.1) is 5.10 Å². The van der Waals surface area contributed by atoms with Crippen molar-refractivity contribution < 1.29 is 9.18 Å². The Bertz CT molecular complexity index is 1210. The lowest BCUT2D eigenvalue weighted by Crippen LogP contribution is -2.28. The Morgan fingerprint density at radius 1 is 1.11 bits per heavy atom. The average Bonchev–Trinajstić information content (AvgIpc) is 2.97. The van der Waals surface area contributed by atoms with Gasteiger partial charge in [0.15, 0.2) is 5.65 Å². The highest BCUT2D eigenvalue weighted by Crippen LogP contribution is 2.18. The van der Waals surface area contributed by atoms with Crippen molar-refractivity contribution in [2.75, 3.05) is 5.32 Å². The topological polar surface area (TPSA) is 81.3 Å². The molecule has 7 nitrogen and oxygen atoms in total. The number of fused-ring (bicyclic) bond motifs is 1. The van der Waals surface area contributed by atoms with E-state index in [0.29, 0.717) is 28.4 Å². The molecule has 0 aliphatic heterocycles. The van der Waals surface area contributed by atoms with Gasteiger partial charge in [0.05, 0.1) is 0 Å². The van der Waals surface area contributed by atoms with E-state index in [4.69, 9.17) is 0 Å². The van der Waals surface area contributed by atoms with Crippen LogP contribution in [0.3, 0.4) is 0 Å². The van der Waals surface area contributed by atoms with Crippen molar-refractivity contribution in [3.05, 3.63) is 82.7 Å². The molecular formula is C20H16FN5O2. The lowest BCUT2D eigenvalue weighted by Gasteiger charge is -2.05. The predicted molar refractivity (Wildman–Crippen MR) is 102 cm³/mol. The van der Waals surface area contributed by atoms with Gasteiger partial charge in [0.25, 0.3) is 0 Å². The maximum Gasteiger partial charge on any atom is 0.352 e. The minimum absolute atomic E-state index is 0.239. The van der Waals surface area contributed by atoms with Gasteiger partial charge in [-0.25, -0.2) is 23.3 Å². The molecule has 8 heteroatoms. The molecule has 4 aromatic rings. The maximum atomic E-state index is 13.3. The summed E-state index contributed by atoms with van der Waals surface area (Å²) < 4.78 is 15.7. The molecular weight excluding hydrogens is 361 g/mol. The molecule has 4 rings (SSSR count). The highest BCUT2D eigenvalue weighted by Gasteiger charge is 2.16. The molecule has 0 fully saturated rings. The Labute approximate surface area is 159 Å². The van der Waals surface area contributed by atoms with Crippen molar-refractivity contribution in [2.45, 2.75) is 13.5 Å². The maximum absolute atomic E-state index is 13.3. The van der Waals surface area contributed by atoms with E-state index in [1.54, 1.807) is 49.4 Å². The highest BCUT2D eigenvalue weighted by atomic mass is 19.1. The number of nitrogens with zero attached hydrogens (tertiary/aromatic N) is 4. The van der Waals surface area contributed by atoms with Crippen LogP contribution >= 0.6 is 0 Å². The molecule has 1 amide bonds. The molecule has 0 atom stereocenters. The summed E-state index contributed by atoms with van der Waals surface area (Å²) in [5.41, 5.74) is 1.73. The molecule has 0 bridgehead atoms. The fourth-order valence-electron chi connectivity index (χ4n) is 2.91. The fraction of sp³-hybridized carbons (Fsp3) is 0.100. The first kappa shape index (κ1) is 17.6. The largest absolute Gasteiger partial charge is 0.352 e. The van der Waals surface area contributed by atoms with E-state index >= 15 is 0 Å². The molecule has 0 aliphatic rings. The summed E-state index contributed by atoms with van der Waals surface area (Å²) in [5, 5.41) is 6.97. The van der Waals surface area contributed by atoms with Gasteiger partial charge in [-0.05, 0) is 43.3 Å². The van der Waals surface area contributed by atoms with E-state index in [-0.39, 0.29) is 18.3 Å². The van der Waals surface area contributed by atoms with Crippen LogP contribution in [0.15, 0.2) is 65.5 Å². The normalized spacial score (nSPS) is 10.9. The minimum atomic E-state index is -0.495. The van der Waals surface area contributed by atoms with Crippen LogP contribution in [-0.4, -0.2) is 25.1 Å². The van der Waals surface area contributed by atoms with Crippen molar-refractivity contribution in [3.8, 4) is 11.4 Å². The lowest BCUT2D eigenvalue weighted by atomic mass is 10.2. The van der Waals surface area contributed by atoms with Crippen molar-refractivity contribution in [1.82, 2.24) is 19.2 Å². The lowest BCUT2D eigenvalue weighted by molar-refractivity contribution is -0.117. The van der Waals surface area contributed by atoms with Gasteiger partial charge >= 0.3 is 5.69 Å². The SMILES string of the molecule is Cc1cc2nn(CC(=O)Nc3ccccc3)c(=O)n2c(-c2ccc(F)cc2)n1. The van der Waals surface area contributed by atoms with Crippen LogP contribution in [0.5, 0.6) is 0 Å². The number of rotatable bonds is 4. The second-order valence-electron chi connectivity index (χ2n) is 6.28. The van der Waals surface area contributed by atoms with E-state index in [9.17, 15) is 14.0 Å². The number of benzene rings is 2. The molecule has 0 unspecified atom stereocenters. The van der Waals surface area contributed by atoms with Crippen LogP contribution in [0.25, 0.3) is 17.0 Å². The van der Waals surface area contributed by atoms with Gasteiger partial charge in [-0.2, -0.15) is 0 Å². The first-order valence-electron chi connectivity index (χ1n) is 8.59. The van der Waals surface area contributed by atoms with Gasteiger partial charge < -0.3 is 5.32 Å². The molecule has 140 valence electrons. The zero-order valence-corrected chi connectivity index (χ0v) is 15.0. The molecule has 0 aliphatic carbocycles. The number of carbonyl (C=O) groups excluding carboxylic acids is 1. The number of hydrogen-bond acceptors (Lipinski definition) is 4. The zero-order chi connectivity index (χ0) is 19.7. The van der Waals surface area contributed by atoms with E-state index in [1.165, 1.54) is 16.5 Å². The predicted octanol–water partition coefficient (Wildman–Crippen LogP) is 2.64. The smallest absolute Gasteiger partial charge is 0.324 e. The molecule has 28 heavy (non-hydrogen) atoms. The Morgan fingerprint density at radius 2 is 1.82 bits per heavy atom. The number of carbonyl (C=O) groups is 1. The quantitative estimate of drug-likeness (QED) is 0.593. The molecule has 2 aromatic carbocycles. The summed E-state index contributed by atoms with van der Waals surface area (Å²) in [6, 6.07) is 16.3. The monoisotopic (exact) mass is 377 g/mol. The van der Waals surface area contributed by atoms with Crippen molar-refractivity contribution in [2.24, 2.45) is 0 Å². The Morgan fingerprint density at radius 3 is 2.54 bits per heavy atom. The van der Waals surface area contributed by atoms with Crippen molar-refractivity contribution in [3.63, 3.8) is 0 Å². The van der Waals surface area contributed by atoms with Gasteiger partial charge in [0.2, 0.25) is 5.91 Å². The van der Waals surface area contributed by atoms with Crippen LogP contribution in [0, 0.1) is 12.7 Å². The van der Waals surface area contributed by atoms with E-state index < -0.39 is 5.69 Å². The summed E-state index contributed by atoms with van der Waals surface area (Å²) in [6.07, 6.45) is 0. The van der Waals surface area contributed by atoms with Gasteiger partial charge in [-0.1, -0.05) is 18.2 Å². The molecule has 2 heterocycles. The number of halogens is 1. The summed E-state index contributed by atoms with van der Waals surface area (Å²) in [5.74, 6) is -0.410. The second kappa shape index (κ2) is 7.07. The standard InChI is InChI=1S/C20H16FN5O2/c1-13-11-17-24-25(12-18(27)23-16-5-3-2-4-6-16)20(28)26(17)19(22-13)14-7-9-15(21)10-8-14/h2-11H,12H2,1H3,(H,23,27). The summed E-state index contributed by atoms with van der Waals surface area (Å²) in [6.45, 7) is 1.54. The zero-order valence-electron chi connectivity index (χ0n) is 15.0. The first-order chi connectivity index (χ1) is 13.5. The molecule has 0 radical (unpaired) electrons. The van der Waals surface area contributed by atoms with Crippen LogP contribution in [-0.2, 0) is 11.3 Å². The number of amides is 1. The highest BCUT2D eigenvalue weighted by molar-refractivity contribution is 5.90. The van der Waals surface area contributed by atoms with Gasteiger partial charge in [0.1, 0.15) is 18.2 Å². The third kappa shape index (κ3) is 3.39. The molecule has 0 saturated heterocycles. The summed E-state index contributed by atoms with van der Waals surface area (Å²) in [7, 11) is 0. The van der Waals surface area contributed by atoms with Crippen LogP contribution in [0.2, 0.25) is 0 Å². The fourth-order valence-corrected chi connectivity index (χ4v) is 2.91. The summed E-state index contributed by atoms with van der Waals surface area (Å²) in [4.78, 5) is 29.6. The third-order valence-electron chi connectivity index (χ3n) is 4.15. The number of aromatic nitrogens is 4. The molecule has 0 saturated carbocycles. The minimum Gasteiger partial charge on any atom is -0.324 e. The van der Waals surface area contributed by atoms with Crippen LogP contribution in [0.1, 0.15) is 5.69 Å². The third-order valence-corrected chi connectivity index (χ3v) is 4.15. The average molecular weight is 377 g/mol. The Balaban J connectivity index is 1.72. The van der Waals surface area contributed by atoms with Crippen molar-refractivity contribution >= 4 is 17.2 Å². The number of aryl methyl sites for hydroxylation is 1. The van der Waals surface area contributed by atoms with E-state index in [0.717, 1.165) is 4.68 Å².